The Bertz CT molecular complexity index is 964. The normalized spacial score (nSPS) is 15.3. The topological polar surface area (TPSA) is 41.4 Å². The van der Waals surface area contributed by atoms with Gasteiger partial charge in [0.15, 0.2) is 0 Å². The Morgan fingerprint density at radius 2 is 1.71 bits per heavy atom. The van der Waals surface area contributed by atoms with Gasteiger partial charge >= 0.3 is 0 Å². The van der Waals surface area contributed by atoms with Gasteiger partial charge in [0.1, 0.15) is 0 Å². The van der Waals surface area contributed by atoms with Crippen LogP contribution < -0.4 is 0 Å². The molecule has 1 aliphatic rings. The summed E-state index contributed by atoms with van der Waals surface area (Å²) in [6.07, 6.45) is 0.479. The van der Waals surface area contributed by atoms with Gasteiger partial charge < -0.3 is 4.90 Å². The largest absolute Gasteiger partial charge is 0.340 e. The summed E-state index contributed by atoms with van der Waals surface area (Å²) >= 11 is 0. The van der Waals surface area contributed by atoms with Crippen molar-refractivity contribution >= 4 is 16.7 Å². The Morgan fingerprint density at radius 1 is 0.964 bits per heavy atom. The van der Waals surface area contributed by atoms with Gasteiger partial charge in [-0.1, -0.05) is 42.5 Å². The minimum atomic E-state index is 0.231. The second-order valence-corrected chi connectivity index (χ2v) is 7.69. The number of carbonyl (C=O) groups is 1. The van der Waals surface area contributed by atoms with Crippen LogP contribution in [0.2, 0.25) is 0 Å². The van der Waals surface area contributed by atoms with E-state index >= 15 is 0 Å². The van der Waals surface area contributed by atoms with Crippen molar-refractivity contribution in [3.8, 4) is 0 Å². The van der Waals surface area contributed by atoms with E-state index in [1.54, 1.807) is 0 Å². The van der Waals surface area contributed by atoms with E-state index in [1.807, 2.05) is 30.0 Å². The number of benzene rings is 2. The molecule has 0 radical (unpaired) electrons. The molecular weight excluding hydrogens is 348 g/mol. The molecule has 0 saturated carbocycles. The monoisotopic (exact) mass is 376 g/mol. The summed E-state index contributed by atoms with van der Waals surface area (Å²) in [6, 6.07) is 16.6. The van der Waals surface area contributed by atoms with E-state index in [2.05, 4.69) is 51.9 Å². The third-order valence-electron chi connectivity index (χ3n) is 5.68. The number of rotatable bonds is 5. The first-order valence-electron chi connectivity index (χ1n) is 10.1. The Morgan fingerprint density at radius 3 is 2.46 bits per heavy atom. The summed E-state index contributed by atoms with van der Waals surface area (Å²) in [5, 5.41) is 6.91. The lowest BCUT2D eigenvalue weighted by Crippen LogP contribution is -2.49. The molecule has 2 aromatic carbocycles. The van der Waals surface area contributed by atoms with Gasteiger partial charge in [0.2, 0.25) is 5.91 Å². The third-order valence-corrected chi connectivity index (χ3v) is 5.68. The predicted molar refractivity (Wildman–Crippen MR) is 112 cm³/mol. The van der Waals surface area contributed by atoms with Crippen molar-refractivity contribution < 1.29 is 4.79 Å². The highest BCUT2D eigenvalue weighted by molar-refractivity contribution is 5.90. The zero-order valence-electron chi connectivity index (χ0n) is 16.8. The zero-order chi connectivity index (χ0) is 19.5. The summed E-state index contributed by atoms with van der Waals surface area (Å²) in [5.41, 5.74) is 3.40. The molecule has 5 nitrogen and oxygen atoms in total. The molecule has 0 atom stereocenters. The molecule has 146 valence electrons. The molecule has 1 saturated heterocycles. The van der Waals surface area contributed by atoms with E-state index in [1.165, 1.54) is 16.5 Å². The lowest BCUT2D eigenvalue weighted by Gasteiger charge is -2.35. The van der Waals surface area contributed by atoms with E-state index in [9.17, 15) is 4.79 Å². The molecule has 0 bridgehead atoms. The Kier molecular flexibility index (Phi) is 5.44. The van der Waals surface area contributed by atoms with Crippen LogP contribution in [0.5, 0.6) is 0 Å². The fourth-order valence-corrected chi connectivity index (χ4v) is 4.08. The molecule has 0 aliphatic carbocycles. The van der Waals surface area contributed by atoms with Crippen molar-refractivity contribution in [1.82, 2.24) is 19.6 Å². The summed E-state index contributed by atoms with van der Waals surface area (Å²) in [4.78, 5) is 17.3. The average Bonchev–Trinajstić information content (AvgIpc) is 3.04. The highest BCUT2D eigenvalue weighted by Crippen LogP contribution is 2.19. The highest BCUT2D eigenvalue weighted by Gasteiger charge is 2.21. The number of hydrogen-bond acceptors (Lipinski definition) is 3. The van der Waals surface area contributed by atoms with Crippen LogP contribution >= 0.6 is 0 Å². The molecule has 0 spiro atoms. The number of carbonyl (C=O) groups excluding carboxylic acids is 1. The van der Waals surface area contributed by atoms with Gasteiger partial charge in [0.25, 0.3) is 0 Å². The summed E-state index contributed by atoms with van der Waals surface area (Å²) in [5.74, 6) is 0.231. The van der Waals surface area contributed by atoms with Crippen LogP contribution in [0.3, 0.4) is 0 Å². The molecule has 1 aliphatic heterocycles. The number of amides is 1. The van der Waals surface area contributed by atoms with Gasteiger partial charge in [0.05, 0.1) is 18.7 Å². The Balaban J connectivity index is 1.31. The van der Waals surface area contributed by atoms with Gasteiger partial charge in [-0.25, -0.2) is 0 Å². The number of aromatic nitrogens is 2. The quantitative estimate of drug-likeness (QED) is 0.687. The highest BCUT2D eigenvalue weighted by atomic mass is 16.2. The molecule has 1 fully saturated rings. The zero-order valence-corrected chi connectivity index (χ0v) is 16.8. The van der Waals surface area contributed by atoms with Gasteiger partial charge in [-0.2, -0.15) is 5.10 Å². The van der Waals surface area contributed by atoms with Crippen LogP contribution in [0.15, 0.2) is 48.5 Å². The number of piperazine rings is 1. The minimum absolute atomic E-state index is 0.231. The maximum atomic E-state index is 12.8. The van der Waals surface area contributed by atoms with E-state index < -0.39 is 0 Å². The Hall–Kier alpha value is -2.66. The van der Waals surface area contributed by atoms with E-state index in [-0.39, 0.29) is 5.91 Å². The summed E-state index contributed by atoms with van der Waals surface area (Å²) in [6.45, 7) is 9.49. The van der Waals surface area contributed by atoms with E-state index in [0.29, 0.717) is 6.42 Å². The fourth-order valence-electron chi connectivity index (χ4n) is 4.08. The number of aryl methyl sites for hydroxylation is 2. The van der Waals surface area contributed by atoms with Crippen LogP contribution in [-0.2, 0) is 17.8 Å². The van der Waals surface area contributed by atoms with E-state index in [4.69, 9.17) is 0 Å². The maximum absolute atomic E-state index is 12.8. The first-order chi connectivity index (χ1) is 13.6. The maximum Gasteiger partial charge on any atom is 0.227 e. The minimum Gasteiger partial charge on any atom is -0.340 e. The van der Waals surface area contributed by atoms with Gasteiger partial charge in [-0.15, -0.1) is 0 Å². The Labute approximate surface area is 166 Å². The molecule has 28 heavy (non-hydrogen) atoms. The second-order valence-electron chi connectivity index (χ2n) is 7.69. The molecule has 2 heterocycles. The van der Waals surface area contributed by atoms with Crippen molar-refractivity contribution in [3.63, 3.8) is 0 Å². The van der Waals surface area contributed by atoms with Crippen LogP contribution in [0.4, 0.5) is 0 Å². The van der Waals surface area contributed by atoms with E-state index in [0.717, 1.165) is 50.5 Å². The molecule has 4 rings (SSSR count). The van der Waals surface area contributed by atoms with Gasteiger partial charge in [-0.3, -0.25) is 14.4 Å². The van der Waals surface area contributed by atoms with Crippen LogP contribution in [0.25, 0.3) is 10.8 Å². The van der Waals surface area contributed by atoms with Crippen LogP contribution in [0, 0.1) is 13.8 Å². The van der Waals surface area contributed by atoms with Crippen molar-refractivity contribution in [3.05, 3.63) is 65.5 Å². The molecular formula is C23H28N4O. The summed E-state index contributed by atoms with van der Waals surface area (Å²) in [7, 11) is 0. The first kappa shape index (κ1) is 18.7. The van der Waals surface area contributed by atoms with Crippen molar-refractivity contribution in [1.29, 1.82) is 0 Å². The van der Waals surface area contributed by atoms with Crippen molar-refractivity contribution in [2.75, 3.05) is 32.7 Å². The second kappa shape index (κ2) is 8.15. The smallest absolute Gasteiger partial charge is 0.227 e. The lowest BCUT2D eigenvalue weighted by molar-refractivity contribution is -0.132. The van der Waals surface area contributed by atoms with Gasteiger partial charge in [0, 0.05) is 38.4 Å². The predicted octanol–water partition coefficient (Wildman–Crippen LogP) is 3.04. The third kappa shape index (κ3) is 4.09. The SMILES string of the molecule is Cc1cc(C)n(CCN2CCN(C(=O)Cc3cccc4ccccc34)CC2)n1. The number of hydrogen-bond donors (Lipinski definition) is 0. The lowest BCUT2D eigenvalue weighted by atomic mass is 10.0. The standard InChI is InChI=1S/C23H28N4O/c1-18-16-19(2)27(24-18)15-12-25-10-13-26(14-11-25)23(28)17-21-8-5-7-20-6-3-4-9-22(20)21/h3-9,16H,10-15,17H2,1-2H3. The molecule has 1 amide bonds. The molecule has 0 unspecified atom stereocenters. The molecule has 5 heteroatoms. The molecule has 1 aromatic heterocycles. The number of nitrogens with zero attached hydrogens (tertiary/aromatic N) is 4. The summed E-state index contributed by atoms with van der Waals surface area (Å²) < 4.78 is 2.08. The molecule has 0 N–H and O–H groups in total. The average molecular weight is 377 g/mol. The van der Waals surface area contributed by atoms with Gasteiger partial charge in [-0.05, 0) is 36.2 Å². The number of fused-ring (bicyclic) bond motifs is 1. The van der Waals surface area contributed by atoms with Crippen molar-refractivity contribution in [2.45, 2.75) is 26.8 Å². The van der Waals surface area contributed by atoms with Crippen LogP contribution in [0.1, 0.15) is 17.0 Å². The fraction of sp³-hybridized carbons (Fsp3) is 0.391. The van der Waals surface area contributed by atoms with Crippen LogP contribution in [-0.4, -0.2) is 58.2 Å². The first-order valence-corrected chi connectivity index (χ1v) is 10.1. The molecule has 3 aromatic rings. The van der Waals surface area contributed by atoms with Crippen molar-refractivity contribution in [2.24, 2.45) is 0 Å².